The van der Waals surface area contributed by atoms with Gasteiger partial charge < -0.3 is 5.32 Å². The Hall–Kier alpha value is -0.180. The van der Waals surface area contributed by atoms with Crippen molar-refractivity contribution in [3.8, 4) is 0 Å². The van der Waals surface area contributed by atoms with Gasteiger partial charge in [0.05, 0.1) is 11.5 Å². The summed E-state index contributed by atoms with van der Waals surface area (Å²) in [6, 6.07) is -0.0433. The number of nitrogens with zero attached hydrogens (tertiary/aromatic N) is 1. The van der Waals surface area contributed by atoms with Gasteiger partial charge in [-0.1, -0.05) is 6.92 Å². The zero-order chi connectivity index (χ0) is 14.5. The van der Waals surface area contributed by atoms with Gasteiger partial charge in [-0.15, -0.1) is 0 Å². The molecule has 0 saturated carbocycles. The third-order valence-corrected chi connectivity index (χ3v) is 6.31. The van der Waals surface area contributed by atoms with Crippen molar-refractivity contribution in [3.63, 3.8) is 0 Å². The van der Waals surface area contributed by atoms with Crippen LogP contribution in [0.2, 0.25) is 0 Å². The summed E-state index contributed by atoms with van der Waals surface area (Å²) in [5.74, 6) is -0.627. The fourth-order valence-corrected chi connectivity index (χ4v) is 5.61. The molecule has 0 aliphatic carbocycles. The Labute approximate surface area is 116 Å². The van der Waals surface area contributed by atoms with E-state index in [0.717, 1.165) is 32.1 Å². The second kappa shape index (κ2) is 7.01. The van der Waals surface area contributed by atoms with Gasteiger partial charge in [0, 0.05) is 25.4 Å². The second-order valence-corrected chi connectivity index (χ2v) is 9.36. The predicted molar refractivity (Wildman–Crippen MR) is 76.4 cm³/mol. The Kier molecular flexibility index (Phi) is 6.22. The third-order valence-electron chi connectivity index (χ3n) is 3.19. The molecule has 0 bridgehead atoms. The maximum Gasteiger partial charge on any atom is 0.215 e. The van der Waals surface area contributed by atoms with Crippen molar-refractivity contribution in [2.75, 3.05) is 37.4 Å². The number of hydrogen-bond donors (Lipinski definition) is 1. The third kappa shape index (κ3) is 5.76. The molecule has 1 atom stereocenters. The van der Waals surface area contributed by atoms with Crippen LogP contribution in [0.3, 0.4) is 0 Å². The largest absolute Gasteiger partial charge is 0.315 e. The zero-order valence-electron chi connectivity index (χ0n) is 11.6. The van der Waals surface area contributed by atoms with Crippen LogP contribution in [0.25, 0.3) is 0 Å². The average Bonchev–Trinajstić information content (AvgIpc) is 2.34. The maximum absolute atomic E-state index is 12.3. The first-order valence-corrected chi connectivity index (χ1v) is 10.3. The van der Waals surface area contributed by atoms with Crippen LogP contribution in [0, 0.1) is 0 Å². The molecule has 1 rings (SSSR count). The SMILES string of the molecule is CCCN(C1CCCNC1)S(=O)(=O)CCS(C)(=O)=O. The molecule has 1 aliphatic rings. The van der Waals surface area contributed by atoms with Crippen LogP contribution in [-0.2, 0) is 19.9 Å². The lowest BCUT2D eigenvalue weighted by molar-refractivity contribution is 0.266. The van der Waals surface area contributed by atoms with E-state index in [1.165, 1.54) is 4.31 Å². The van der Waals surface area contributed by atoms with E-state index >= 15 is 0 Å². The molecule has 0 spiro atoms. The molecule has 114 valence electrons. The summed E-state index contributed by atoms with van der Waals surface area (Å²) in [6.07, 6.45) is 3.58. The molecule has 0 amide bonds. The van der Waals surface area contributed by atoms with Crippen molar-refractivity contribution >= 4 is 19.9 Å². The molecule has 8 heteroatoms. The molecule has 0 radical (unpaired) electrons. The second-order valence-electron chi connectivity index (χ2n) is 5.06. The highest BCUT2D eigenvalue weighted by Crippen LogP contribution is 2.16. The van der Waals surface area contributed by atoms with Crippen molar-refractivity contribution in [2.24, 2.45) is 0 Å². The first kappa shape index (κ1) is 16.9. The lowest BCUT2D eigenvalue weighted by atomic mass is 10.1. The Morgan fingerprint density at radius 2 is 1.89 bits per heavy atom. The number of hydrogen-bond acceptors (Lipinski definition) is 5. The van der Waals surface area contributed by atoms with Crippen molar-refractivity contribution in [1.29, 1.82) is 0 Å². The quantitative estimate of drug-likeness (QED) is 0.705. The summed E-state index contributed by atoms with van der Waals surface area (Å²) < 4.78 is 48.4. The molecule has 19 heavy (non-hydrogen) atoms. The first-order valence-electron chi connectivity index (χ1n) is 6.64. The number of nitrogens with one attached hydrogen (secondary N) is 1. The van der Waals surface area contributed by atoms with Gasteiger partial charge in [-0.25, -0.2) is 16.8 Å². The summed E-state index contributed by atoms with van der Waals surface area (Å²) in [7, 11) is -6.76. The minimum absolute atomic E-state index is 0.0433. The van der Waals surface area contributed by atoms with Crippen molar-refractivity contribution in [1.82, 2.24) is 9.62 Å². The van der Waals surface area contributed by atoms with Gasteiger partial charge in [0.25, 0.3) is 0 Å². The van der Waals surface area contributed by atoms with Gasteiger partial charge >= 0.3 is 0 Å². The molecule has 6 nitrogen and oxygen atoms in total. The molecule has 0 aromatic carbocycles. The van der Waals surface area contributed by atoms with E-state index in [9.17, 15) is 16.8 Å². The Morgan fingerprint density at radius 3 is 2.37 bits per heavy atom. The zero-order valence-corrected chi connectivity index (χ0v) is 13.3. The fourth-order valence-electron chi connectivity index (χ4n) is 2.22. The van der Waals surface area contributed by atoms with Gasteiger partial charge in [-0.05, 0) is 25.8 Å². The average molecular weight is 312 g/mol. The molecule has 0 aromatic heterocycles. The highest BCUT2D eigenvalue weighted by atomic mass is 32.2. The van der Waals surface area contributed by atoms with Gasteiger partial charge in [0.2, 0.25) is 10.0 Å². The normalized spacial score (nSPS) is 21.7. The number of piperidine rings is 1. The van der Waals surface area contributed by atoms with Crippen molar-refractivity contribution < 1.29 is 16.8 Å². The molecule has 1 fully saturated rings. The number of sulfone groups is 1. The van der Waals surface area contributed by atoms with Gasteiger partial charge in [-0.3, -0.25) is 0 Å². The highest BCUT2D eigenvalue weighted by molar-refractivity contribution is 7.93. The van der Waals surface area contributed by atoms with Crippen LogP contribution in [0.5, 0.6) is 0 Å². The van der Waals surface area contributed by atoms with Crippen molar-refractivity contribution in [2.45, 2.75) is 32.2 Å². The Morgan fingerprint density at radius 1 is 1.21 bits per heavy atom. The molecular weight excluding hydrogens is 288 g/mol. The maximum atomic E-state index is 12.3. The first-order chi connectivity index (χ1) is 8.76. The van der Waals surface area contributed by atoms with E-state index in [2.05, 4.69) is 5.32 Å². The standard InChI is InChI=1S/C11H24N2O4S2/c1-3-7-13(11-5-4-6-12-10-11)19(16,17)9-8-18(2,14)15/h11-12H,3-10H2,1-2H3. The van der Waals surface area contributed by atoms with Crippen LogP contribution >= 0.6 is 0 Å². The van der Waals surface area contributed by atoms with Crippen LogP contribution in [-0.4, -0.2) is 64.6 Å². The monoisotopic (exact) mass is 312 g/mol. The Balaban J connectivity index is 2.78. The van der Waals surface area contributed by atoms with Crippen LogP contribution in [0.4, 0.5) is 0 Å². The number of sulfonamides is 1. The topological polar surface area (TPSA) is 83.6 Å². The summed E-state index contributed by atoms with van der Waals surface area (Å²) in [4.78, 5) is 0. The summed E-state index contributed by atoms with van der Waals surface area (Å²) in [5, 5.41) is 3.19. The summed E-state index contributed by atoms with van der Waals surface area (Å²) in [5.41, 5.74) is 0. The summed E-state index contributed by atoms with van der Waals surface area (Å²) in [6.45, 7) is 3.95. The minimum Gasteiger partial charge on any atom is -0.315 e. The molecular formula is C11H24N2O4S2. The van der Waals surface area contributed by atoms with E-state index in [1.54, 1.807) is 0 Å². The number of rotatable bonds is 7. The van der Waals surface area contributed by atoms with Crippen molar-refractivity contribution in [3.05, 3.63) is 0 Å². The lowest BCUT2D eigenvalue weighted by Gasteiger charge is -2.33. The van der Waals surface area contributed by atoms with Crippen LogP contribution in [0.1, 0.15) is 26.2 Å². The predicted octanol–water partition coefficient (Wildman–Crippen LogP) is -0.175. The molecule has 1 aliphatic heterocycles. The van der Waals surface area contributed by atoms with E-state index in [0.29, 0.717) is 13.1 Å². The van der Waals surface area contributed by atoms with E-state index in [-0.39, 0.29) is 17.5 Å². The summed E-state index contributed by atoms with van der Waals surface area (Å²) >= 11 is 0. The van der Waals surface area contributed by atoms with Gasteiger partial charge in [0.15, 0.2) is 0 Å². The minimum atomic E-state index is -3.50. The van der Waals surface area contributed by atoms with Crippen LogP contribution in [0.15, 0.2) is 0 Å². The van der Waals surface area contributed by atoms with Gasteiger partial charge in [0.1, 0.15) is 9.84 Å². The highest BCUT2D eigenvalue weighted by Gasteiger charge is 2.30. The Bertz CT molecular complexity index is 467. The molecule has 1 N–H and O–H groups in total. The fraction of sp³-hybridized carbons (Fsp3) is 1.00. The molecule has 1 unspecified atom stereocenters. The lowest BCUT2D eigenvalue weighted by Crippen LogP contribution is -2.50. The van der Waals surface area contributed by atoms with E-state index in [1.807, 2.05) is 6.92 Å². The van der Waals surface area contributed by atoms with Gasteiger partial charge in [-0.2, -0.15) is 4.31 Å². The van der Waals surface area contributed by atoms with E-state index < -0.39 is 19.9 Å². The molecule has 1 saturated heterocycles. The van der Waals surface area contributed by atoms with E-state index in [4.69, 9.17) is 0 Å². The smallest absolute Gasteiger partial charge is 0.215 e. The van der Waals surface area contributed by atoms with Crippen LogP contribution < -0.4 is 5.32 Å². The molecule has 1 heterocycles. The molecule has 0 aromatic rings.